The monoisotopic (exact) mass is 1080 g/mol. The molecule has 0 aliphatic heterocycles. The summed E-state index contributed by atoms with van der Waals surface area (Å²) in [5, 5.41) is 0. The van der Waals surface area contributed by atoms with Gasteiger partial charge in [-0.25, -0.2) is 0 Å². The Hall–Kier alpha value is -3.93. The number of carbonyl (C=O) groups is 3. The average molecular weight is 1080 g/mol. The molecule has 0 saturated heterocycles. The summed E-state index contributed by atoms with van der Waals surface area (Å²) in [7, 11) is 0. The molecule has 6 nitrogen and oxygen atoms in total. The molecule has 0 bridgehead atoms. The van der Waals surface area contributed by atoms with Gasteiger partial charge < -0.3 is 14.2 Å². The predicted octanol–water partition coefficient (Wildman–Crippen LogP) is 22.6. The van der Waals surface area contributed by atoms with Crippen molar-refractivity contribution in [2.75, 3.05) is 13.2 Å². The van der Waals surface area contributed by atoms with E-state index in [9.17, 15) is 14.4 Å². The number of esters is 3. The maximum Gasteiger partial charge on any atom is 0.306 e. The fourth-order valence-corrected chi connectivity index (χ4v) is 9.10. The largest absolute Gasteiger partial charge is 0.462 e. The Labute approximate surface area is 482 Å². The fraction of sp³-hybridized carbons (Fsp3) is 0.708. The van der Waals surface area contributed by atoms with Gasteiger partial charge in [0.2, 0.25) is 0 Å². The van der Waals surface area contributed by atoms with E-state index in [0.717, 1.165) is 116 Å². The van der Waals surface area contributed by atoms with Gasteiger partial charge in [0.05, 0.1) is 0 Å². The van der Waals surface area contributed by atoms with Crippen molar-refractivity contribution in [2.24, 2.45) is 0 Å². The van der Waals surface area contributed by atoms with Crippen molar-refractivity contribution in [2.45, 2.75) is 316 Å². The van der Waals surface area contributed by atoms with Crippen LogP contribution in [0.5, 0.6) is 0 Å². The van der Waals surface area contributed by atoms with Crippen LogP contribution in [0, 0.1) is 0 Å². The minimum atomic E-state index is -0.782. The molecular weight excluding hydrogens is 961 g/mol. The second kappa shape index (κ2) is 65.6. The summed E-state index contributed by atoms with van der Waals surface area (Å²) in [6, 6.07) is 0. The van der Waals surface area contributed by atoms with Gasteiger partial charge in [0.25, 0.3) is 0 Å². The first kappa shape index (κ1) is 74.1. The first-order valence-electron chi connectivity index (χ1n) is 32.9. The summed E-state index contributed by atoms with van der Waals surface area (Å²) >= 11 is 0. The Bertz CT molecular complexity index is 1570. The molecule has 0 aliphatic carbocycles. The van der Waals surface area contributed by atoms with Crippen LogP contribution in [-0.4, -0.2) is 37.2 Å². The van der Waals surface area contributed by atoms with E-state index in [0.29, 0.717) is 19.3 Å². The zero-order valence-corrected chi connectivity index (χ0v) is 51.2. The Morgan fingerprint density at radius 3 is 0.782 bits per heavy atom. The topological polar surface area (TPSA) is 78.9 Å². The van der Waals surface area contributed by atoms with Crippen LogP contribution in [0.15, 0.2) is 109 Å². The molecule has 78 heavy (non-hydrogen) atoms. The van der Waals surface area contributed by atoms with Crippen molar-refractivity contribution >= 4 is 17.9 Å². The van der Waals surface area contributed by atoms with Crippen LogP contribution in [0.1, 0.15) is 310 Å². The second-order valence-electron chi connectivity index (χ2n) is 21.6. The van der Waals surface area contributed by atoms with Gasteiger partial charge in [-0.05, 0) is 109 Å². The average Bonchev–Trinajstić information content (AvgIpc) is 3.44. The van der Waals surface area contributed by atoms with Crippen LogP contribution >= 0.6 is 0 Å². The van der Waals surface area contributed by atoms with Crippen molar-refractivity contribution in [3.05, 3.63) is 109 Å². The van der Waals surface area contributed by atoms with E-state index in [-0.39, 0.29) is 31.1 Å². The minimum absolute atomic E-state index is 0.0812. The number of rotatable bonds is 59. The van der Waals surface area contributed by atoms with Gasteiger partial charge in [0.1, 0.15) is 13.2 Å². The quantitative estimate of drug-likeness (QED) is 0.0261. The van der Waals surface area contributed by atoms with E-state index < -0.39 is 6.10 Å². The summed E-state index contributed by atoms with van der Waals surface area (Å²) in [5.74, 6) is -0.896. The molecule has 0 saturated carbocycles. The van der Waals surface area contributed by atoms with Crippen LogP contribution in [0.4, 0.5) is 0 Å². The molecule has 0 rings (SSSR count). The van der Waals surface area contributed by atoms with Crippen LogP contribution in [-0.2, 0) is 28.6 Å². The lowest BCUT2D eigenvalue weighted by atomic mass is 10.0. The molecule has 0 aliphatic rings. The van der Waals surface area contributed by atoms with Gasteiger partial charge >= 0.3 is 17.9 Å². The number of hydrogen-bond acceptors (Lipinski definition) is 6. The van der Waals surface area contributed by atoms with Crippen molar-refractivity contribution in [3.8, 4) is 0 Å². The van der Waals surface area contributed by atoms with Crippen molar-refractivity contribution in [3.63, 3.8) is 0 Å². The molecule has 0 amide bonds. The van der Waals surface area contributed by atoms with E-state index >= 15 is 0 Å². The number of carbonyl (C=O) groups excluding carboxylic acids is 3. The zero-order valence-electron chi connectivity index (χ0n) is 51.2. The Morgan fingerprint density at radius 2 is 0.500 bits per heavy atom. The first-order valence-corrected chi connectivity index (χ1v) is 32.9. The maximum absolute atomic E-state index is 12.9. The smallest absolute Gasteiger partial charge is 0.306 e. The number of unbranched alkanes of at least 4 members (excludes halogenated alkanes) is 30. The highest BCUT2D eigenvalue weighted by Crippen LogP contribution is 2.16. The van der Waals surface area contributed by atoms with Crippen molar-refractivity contribution in [1.82, 2.24) is 0 Å². The molecule has 0 heterocycles. The predicted molar refractivity (Wildman–Crippen MR) is 339 cm³/mol. The fourth-order valence-electron chi connectivity index (χ4n) is 9.10. The molecular formula is C72H122O6. The molecule has 0 fully saturated rings. The molecule has 6 heteroatoms. The van der Waals surface area contributed by atoms with Gasteiger partial charge in [0.15, 0.2) is 6.10 Å². The van der Waals surface area contributed by atoms with Crippen LogP contribution in [0.25, 0.3) is 0 Å². The molecule has 0 N–H and O–H groups in total. The molecule has 0 aromatic carbocycles. The van der Waals surface area contributed by atoms with Crippen molar-refractivity contribution < 1.29 is 28.6 Å². The molecule has 0 aromatic rings. The lowest BCUT2D eigenvalue weighted by Crippen LogP contribution is -2.30. The Balaban J connectivity index is 4.12. The van der Waals surface area contributed by atoms with Crippen LogP contribution in [0.3, 0.4) is 0 Å². The summed E-state index contributed by atoms with van der Waals surface area (Å²) in [5.41, 5.74) is 0. The molecule has 0 radical (unpaired) electrons. The molecule has 1 unspecified atom stereocenters. The van der Waals surface area contributed by atoms with E-state index in [4.69, 9.17) is 14.2 Å². The summed E-state index contributed by atoms with van der Waals surface area (Å²) in [4.78, 5) is 38.1. The lowest BCUT2D eigenvalue weighted by Gasteiger charge is -2.18. The SMILES string of the molecule is CC/C=C\C/C=C\C/C=C\C/C=C\C/C=C\C/C=C\C/C=C\CCCCCCCCCC(=O)OCC(COC(=O)CCCCCCCC)OC(=O)CCCCCCCCCCCCCCC/C=C\C/C=C\CCCCCCC. The van der Waals surface area contributed by atoms with Gasteiger partial charge in [0, 0.05) is 19.3 Å². The second-order valence-corrected chi connectivity index (χ2v) is 21.6. The highest BCUT2D eigenvalue weighted by Gasteiger charge is 2.19. The van der Waals surface area contributed by atoms with Gasteiger partial charge in [-0.15, -0.1) is 0 Å². The van der Waals surface area contributed by atoms with E-state index in [2.05, 4.69) is 130 Å². The Kier molecular flexibility index (Phi) is 62.3. The third-order valence-electron chi connectivity index (χ3n) is 14.0. The number of ether oxygens (including phenoxy) is 3. The molecule has 0 aromatic heterocycles. The molecule has 1 atom stereocenters. The van der Waals surface area contributed by atoms with E-state index in [1.54, 1.807) is 0 Å². The summed E-state index contributed by atoms with van der Waals surface area (Å²) < 4.78 is 16.8. The third-order valence-corrected chi connectivity index (χ3v) is 14.0. The number of allylic oxidation sites excluding steroid dienone is 18. The third kappa shape index (κ3) is 62.9. The molecule has 446 valence electrons. The highest BCUT2D eigenvalue weighted by molar-refractivity contribution is 5.71. The Morgan fingerprint density at radius 1 is 0.269 bits per heavy atom. The van der Waals surface area contributed by atoms with E-state index in [1.807, 2.05) is 0 Å². The van der Waals surface area contributed by atoms with Gasteiger partial charge in [-0.2, -0.15) is 0 Å². The number of hydrogen-bond donors (Lipinski definition) is 0. The van der Waals surface area contributed by atoms with Gasteiger partial charge in [-0.3, -0.25) is 14.4 Å². The molecule has 0 spiro atoms. The zero-order chi connectivity index (χ0) is 56.4. The first-order chi connectivity index (χ1) is 38.5. The lowest BCUT2D eigenvalue weighted by molar-refractivity contribution is -0.167. The minimum Gasteiger partial charge on any atom is -0.462 e. The highest BCUT2D eigenvalue weighted by atomic mass is 16.6. The van der Waals surface area contributed by atoms with Crippen LogP contribution in [0.2, 0.25) is 0 Å². The van der Waals surface area contributed by atoms with Gasteiger partial charge in [-0.1, -0.05) is 291 Å². The standard InChI is InChI=1S/C72H122O6/c1-4-7-10-13-16-18-20-22-24-26-28-30-32-34-35-36-37-39-40-42-44-46-48-50-52-54-56-59-62-65-71(74)77-68-69(67-76-70(73)64-61-58-15-12-9-6-3)78-72(75)66-63-60-57-55-53-51-49-47-45-43-41-38-33-31-29-27-25-23-21-19-17-14-11-8-5-2/h7,10,16,18,21-24,27-30,34-35,37,39,42,44,69H,4-6,8-9,11-15,17,19-20,25-26,31-33,36,38,40-41,43,45-68H2,1-3H3/b10-7-,18-16-,23-21-,24-22-,29-27-,30-28-,35-34-,39-37-,44-42-. The van der Waals surface area contributed by atoms with E-state index in [1.165, 1.54) is 154 Å². The maximum atomic E-state index is 12.9. The normalized spacial score (nSPS) is 12.8. The summed E-state index contributed by atoms with van der Waals surface area (Å²) in [6.45, 7) is 6.47. The van der Waals surface area contributed by atoms with Crippen molar-refractivity contribution in [1.29, 1.82) is 0 Å². The van der Waals surface area contributed by atoms with Crippen LogP contribution < -0.4 is 0 Å². The summed E-state index contributed by atoms with van der Waals surface area (Å²) in [6.07, 6.45) is 89.9.